The molecule has 0 atom stereocenters. The van der Waals surface area contributed by atoms with Crippen molar-refractivity contribution in [2.24, 2.45) is 4.99 Å². The van der Waals surface area contributed by atoms with Crippen LogP contribution in [-0.4, -0.2) is 15.9 Å². The Morgan fingerprint density at radius 1 is 0.824 bits per heavy atom. The lowest BCUT2D eigenvalue weighted by molar-refractivity contribution is 0.475. The summed E-state index contributed by atoms with van der Waals surface area (Å²) in [6.07, 6.45) is 0. The van der Waals surface area contributed by atoms with Crippen LogP contribution in [0.25, 0.3) is 0 Å². The van der Waals surface area contributed by atoms with Crippen molar-refractivity contribution in [2.75, 3.05) is 0 Å². The monoisotopic (exact) mass is 227 g/mol. The summed E-state index contributed by atoms with van der Waals surface area (Å²) >= 11 is 0. The quantitative estimate of drug-likeness (QED) is 0.774. The third-order valence-electron chi connectivity index (χ3n) is 2.43. The molecule has 0 bridgehead atoms. The molecular weight excluding hydrogens is 214 g/mol. The molecule has 3 heteroatoms. The smallest absolute Gasteiger partial charge is 0.115 e. The number of phenolic OH excluding ortho intramolecular Hbond substituents is 2. The molecule has 0 saturated carbocycles. The number of aromatic hydroxyl groups is 2. The first-order valence-electron chi connectivity index (χ1n) is 5.29. The maximum Gasteiger partial charge on any atom is 0.115 e. The van der Waals surface area contributed by atoms with Crippen molar-refractivity contribution < 1.29 is 10.2 Å². The van der Waals surface area contributed by atoms with Crippen molar-refractivity contribution in [1.82, 2.24) is 0 Å². The molecule has 2 rings (SSSR count). The molecule has 0 aliphatic heterocycles. The molecule has 2 aromatic rings. The number of hydrogen-bond donors (Lipinski definition) is 2. The van der Waals surface area contributed by atoms with E-state index >= 15 is 0 Å². The molecule has 3 nitrogen and oxygen atoms in total. The van der Waals surface area contributed by atoms with Crippen molar-refractivity contribution >= 4 is 11.4 Å². The van der Waals surface area contributed by atoms with Gasteiger partial charge in [0.15, 0.2) is 0 Å². The van der Waals surface area contributed by atoms with Crippen LogP contribution in [0.5, 0.6) is 11.5 Å². The van der Waals surface area contributed by atoms with Gasteiger partial charge in [-0.25, -0.2) is 0 Å². The predicted molar refractivity (Wildman–Crippen MR) is 68.1 cm³/mol. The Bertz CT molecular complexity index is 527. The van der Waals surface area contributed by atoms with Crippen LogP contribution in [0.1, 0.15) is 12.5 Å². The molecule has 0 fully saturated rings. The number of nitrogens with zero attached hydrogens (tertiary/aromatic N) is 1. The molecule has 0 spiro atoms. The lowest BCUT2D eigenvalue weighted by Gasteiger charge is -2.01. The van der Waals surface area contributed by atoms with Gasteiger partial charge in [0.2, 0.25) is 0 Å². The van der Waals surface area contributed by atoms with E-state index in [0.717, 1.165) is 17.0 Å². The van der Waals surface area contributed by atoms with Crippen LogP contribution < -0.4 is 0 Å². The van der Waals surface area contributed by atoms with E-state index in [1.54, 1.807) is 36.4 Å². The molecule has 17 heavy (non-hydrogen) atoms. The third-order valence-corrected chi connectivity index (χ3v) is 2.43. The Hall–Kier alpha value is -2.29. The molecule has 0 amide bonds. The predicted octanol–water partition coefficient (Wildman–Crippen LogP) is 3.24. The molecule has 2 N–H and O–H groups in total. The summed E-state index contributed by atoms with van der Waals surface area (Å²) in [5, 5.41) is 18.4. The van der Waals surface area contributed by atoms with Gasteiger partial charge in [0.05, 0.1) is 5.69 Å². The standard InChI is InChI=1S/C14H13NO2/c1-10(11-2-6-13(16)7-3-11)15-12-4-8-14(17)9-5-12/h2-9,16-17H,1H3. The van der Waals surface area contributed by atoms with E-state index in [1.807, 2.05) is 19.1 Å². The van der Waals surface area contributed by atoms with Gasteiger partial charge < -0.3 is 10.2 Å². The number of hydrogen-bond acceptors (Lipinski definition) is 3. The summed E-state index contributed by atoms with van der Waals surface area (Å²) in [6.45, 7) is 1.90. The fourth-order valence-corrected chi connectivity index (χ4v) is 1.49. The zero-order valence-electron chi connectivity index (χ0n) is 9.46. The van der Waals surface area contributed by atoms with Crippen molar-refractivity contribution in [3.05, 3.63) is 54.1 Å². The second kappa shape index (κ2) is 4.70. The maximum absolute atomic E-state index is 9.19. The van der Waals surface area contributed by atoms with E-state index in [4.69, 9.17) is 5.11 Å². The van der Waals surface area contributed by atoms with Gasteiger partial charge in [-0.2, -0.15) is 0 Å². The first kappa shape index (κ1) is 11.2. The molecule has 2 aromatic carbocycles. The number of aliphatic imine (C=N–C) groups is 1. The van der Waals surface area contributed by atoms with Gasteiger partial charge in [0, 0.05) is 5.71 Å². The van der Waals surface area contributed by atoms with Gasteiger partial charge in [0.1, 0.15) is 11.5 Å². The molecule has 0 aliphatic rings. The first-order chi connectivity index (χ1) is 8.15. The second-order valence-corrected chi connectivity index (χ2v) is 3.76. The Kier molecular flexibility index (Phi) is 3.10. The van der Waals surface area contributed by atoms with Crippen LogP contribution in [0.3, 0.4) is 0 Å². The van der Waals surface area contributed by atoms with Gasteiger partial charge in [0.25, 0.3) is 0 Å². The summed E-state index contributed by atoms with van der Waals surface area (Å²) in [4.78, 5) is 4.42. The molecule has 0 saturated heterocycles. The minimum Gasteiger partial charge on any atom is -0.508 e. The minimum absolute atomic E-state index is 0.228. The molecular formula is C14H13NO2. The zero-order valence-corrected chi connectivity index (χ0v) is 9.46. The van der Waals surface area contributed by atoms with Crippen LogP contribution in [0, 0.1) is 0 Å². The molecule has 86 valence electrons. The highest BCUT2D eigenvalue weighted by Gasteiger charge is 1.98. The summed E-state index contributed by atoms with van der Waals surface area (Å²) < 4.78 is 0. The SMILES string of the molecule is CC(=Nc1ccc(O)cc1)c1ccc(O)cc1. The van der Waals surface area contributed by atoms with Crippen molar-refractivity contribution in [3.8, 4) is 11.5 Å². The molecule has 0 radical (unpaired) electrons. The average Bonchev–Trinajstić information content (AvgIpc) is 2.33. The summed E-state index contributed by atoms with van der Waals surface area (Å²) in [5.74, 6) is 0.470. The lowest BCUT2D eigenvalue weighted by Crippen LogP contribution is -1.92. The maximum atomic E-state index is 9.19. The van der Waals surface area contributed by atoms with Crippen LogP contribution >= 0.6 is 0 Å². The van der Waals surface area contributed by atoms with Crippen LogP contribution in [-0.2, 0) is 0 Å². The minimum atomic E-state index is 0.228. The molecule has 0 aliphatic carbocycles. The van der Waals surface area contributed by atoms with Gasteiger partial charge >= 0.3 is 0 Å². The number of rotatable bonds is 2. The van der Waals surface area contributed by atoms with Gasteiger partial charge in [-0.05, 0) is 61.0 Å². The van der Waals surface area contributed by atoms with E-state index in [2.05, 4.69) is 4.99 Å². The summed E-state index contributed by atoms with van der Waals surface area (Å²) in [5.41, 5.74) is 2.60. The van der Waals surface area contributed by atoms with Crippen LogP contribution in [0.4, 0.5) is 5.69 Å². The molecule has 0 unspecified atom stereocenters. The highest BCUT2D eigenvalue weighted by Crippen LogP contribution is 2.18. The number of benzene rings is 2. The molecule has 0 aromatic heterocycles. The fraction of sp³-hybridized carbons (Fsp3) is 0.0714. The zero-order chi connectivity index (χ0) is 12.3. The van der Waals surface area contributed by atoms with Crippen LogP contribution in [0.15, 0.2) is 53.5 Å². The Labute approximate surface area is 99.7 Å². The Balaban J connectivity index is 2.27. The summed E-state index contributed by atoms with van der Waals surface area (Å²) in [7, 11) is 0. The lowest BCUT2D eigenvalue weighted by atomic mass is 10.1. The number of phenols is 2. The van der Waals surface area contributed by atoms with Gasteiger partial charge in [-0.1, -0.05) is 0 Å². The van der Waals surface area contributed by atoms with E-state index in [-0.39, 0.29) is 11.5 Å². The highest BCUT2D eigenvalue weighted by atomic mass is 16.3. The van der Waals surface area contributed by atoms with E-state index in [1.165, 1.54) is 0 Å². The summed E-state index contributed by atoms with van der Waals surface area (Å²) in [6, 6.07) is 13.6. The normalized spacial score (nSPS) is 11.5. The van der Waals surface area contributed by atoms with Crippen LogP contribution in [0.2, 0.25) is 0 Å². The topological polar surface area (TPSA) is 52.8 Å². The second-order valence-electron chi connectivity index (χ2n) is 3.76. The largest absolute Gasteiger partial charge is 0.508 e. The average molecular weight is 227 g/mol. The van der Waals surface area contributed by atoms with E-state index in [9.17, 15) is 5.11 Å². The third kappa shape index (κ3) is 2.84. The molecule has 0 heterocycles. The van der Waals surface area contributed by atoms with E-state index in [0.29, 0.717) is 0 Å². The van der Waals surface area contributed by atoms with Gasteiger partial charge in [-0.15, -0.1) is 0 Å². The highest BCUT2D eigenvalue weighted by molar-refractivity contribution is 6.00. The Morgan fingerprint density at radius 2 is 1.29 bits per heavy atom. The van der Waals surface area contributed by atoms with E-state index < -0.39 is 0 Å². The first-order valence-corrected chi connectivity index (χ1v) is 5.29. The van der Waals surface area contributed by atoms with Crippen molar-refractivity contribution in [3.63, 3.8) is 0 Å². The fourth-order valence-electron chi connectivity index (χ4n) is 1.49. The van der Waals surface area contributed by atoms with Crippen molar-refractivity contribution in [1.29, 1.82) is 0 Å². The van der Waals surface area contributed by atoms with Crippen molar-refractivity contribution in [2.45, 2.75) is 6.92 Å². The van der Waals surface area contributed by atoms with Gasteiger partial charge in [-0.3, -0.25) is 4.99 Å². The Morgan fingerprint density at radius 3 is 1.82 bits per heavy atom.